The maximum atomic E-state index is 9.29. The second-order valence-electron chi connectivity index (χ2n) is 7.62. The van der Waals surface area contributed by atoms with E-state index in [0.29, 0.717) is 12.5 Å². The Morgan fingerprint density at radius 1 is 1.21 bits per heavy atom. The van der Waals surface area contributed by atoms with Crippen LogP contribution >= 0.6 is 11.6 Å². The van der Waals surface area contributed by atoms with Crippen LogP contribution in [0.15, 0.2) is 29.3 Å². The summed E-state index contributed by atoms with van der Waals surface area (Å²) in [6.45, 7) is 8.27. The molecule has 0 bridgehead atoms. The van der Waals surface area contributed by atoms with Crippen LogP contribution in [0.5, 0.6) is 0 Å². The van der Waals surface area contributed by atoms with Gasteiger partial charge in [0.05, 0.1) is 6.54 Å². The van der Waals surface area contributed by atoms with Crippen LogP contribution in [0, 0.1) is 5.92 Å². The zero-order valence-corrected chi connectivity index (χ0v) is 18.1. The first-order valence-electron chi connectivity index (χ1n) is 10.6. The number of aliphatic imine (C=N–C) groups is 1. The van der Waals surface area contributed by atoms with Crippen LogP contribution in [0.1, 0.15) is 51.5 Å². The SMILES string of the molecule is CCCC(CCO)CNC(=NCC1(c2ccccc2Cl)CCOCC1)NCC. The lowest BCUT2D eigenvalue weighted by Crippen LogP contribution is -2.42. The van der Waals surface area contributed by atoms with Crippen molar-refractivity contribution in [1.82, 2.24) is 10.6 Å². The number of nitrogens with zero attached hydrogens (tertiary/aromatic N) is 1. The van der Waals surface area contributed by atoms with Gasteiger partial charge in [-0.3, -0.25) is 4.99 Å². The molecule has 1 atom stereocenters. The monoisotopic (exact) mass is 409 g/mol. The first kappa shape index (κ1) is 23.0. The Hall–Kier alpha value is -1.30. The summed E-state index contributed by atoms with van der Waals surface area (Å²) in [6, 6.07) is 8.12. The molecule has 1 saturated heterocycles. The number of aliphatic hydroxyl groups excluding tert-OH is 1. The third kappa shape index (κ3) is 6.64. The highest BCUT2D eigenvalue weighted by molar-refractivity contribution is 6.31. The molecule has 1 heterocycles. The summed E-state index contributed by atoms with van der Waals surface area (Å²) < 4.78 is 5.63. The summed E-state index contributed by atoms with van der Waals surface area (Å²) in [4.78, 5) is 4.94. The highest BCUT2D eigenvalue weighted by atomic mass is 35.5. The number of halogens is 1. The number of benzene rings is 1. The van der Waals surface area contributed by atoms with Crippen molar-refractivity contribution in [3.8, 4) is 0 Å². The van der Waals surface area contributed by atoms with Crippen LogP contribution in [0.2, 0.25) is 5.02 Å². The molecular formula is C22H36ClN3O2. The molecule has 0 amide bonds. The predicted molar refractivity (Wildman–Crippen MR) is 117 cm³/mol. The number of hydrogen-bond acceptors (Lipinski definition) is 3. The standard InChI is InChI=1S/C22H36ClN3O2/c1-3-7-18(10-13-27)16-25-21(24-4-2)26-17-22(11-14-28-15-12-22)19-8-5-6-9-20(19)23/h5-6,8-9,18,27H,3-4,7,10-17H2,1-2H3,(H2,24,25,26). The Kier molecular flexibility index (Phi) is 10.1. The summed E-state index contributed by atoms with van der Waals surface area (Å²) in [5.41, 5.74) is 1.08. The van der Waals surface area contributed by atoms with E-state index in [4.69, 9.17) is 21.3 Å². The van der Waals surface area contributed by atoms with Gasteiger partial charge in [-0.2, -0.15) is 0 Å². The van der Waals surface area contributed by atoms with Crippen molar-refractivity contribution in [2.75, 3.05) is 39.5 Å². The molecule has 0 spiro atoms. The Morgan fingerprint density at radius 2 is 1.96 bits per heavy atom. The van der Waals surface area contributed by atoms with E-state index in [1.54, 1.807) is 0 Å². The topological polar surface area (TPSA) is 65.9 Å². The average Bonchev–Trinajstić information content (AvgIpc) is 2.71. The quantitative estimate of drug-likeness (QED) is 0.406. The number of ether oxygens (including phenoxy) is 1. The van der Waals surface area contributed by atoms with Gasteiger partial charge in [-0.25, -0.2) is 0 Å². The van der Waals surface area contributed by atoms with Crippen LogP contribution in [-0.4, -0.2) is 50.5 Å². The molecule has 1 aromatic carbocycles. The van der Waals surface area contributed by atoms with E-state index in [9.17, 15) is 5.11 Å². The fourth-order valence-corrected chi connectivity index (χ4v) is 4.25. The number of hydrogen-bond donors (Lipinski definition) is 3. The van der Waals surface area contributed by atoms with Gasteiger partial charge in [0.25, 0.3) is 0 Å². The summed E-state index contributed by atoms with van der Waals surface area (Å²) in [5, 5.41) is 16.9. The van der Waals surface area contributed by atoms with Crippen LogP contribution in [0.25, 0.3) is 0 Å². The third-order valence-corrected chi connectivity index (χ3v) is 5.90. The highest BCUT2D eigenvalue weighted by Crippen LogP contribution is 2.38. The molecule has 0 aliphatic carbocycles. The summed E-state index contributed by atoms with van der Waals surface area (Å²) in [5.74, 6) is 1.29. The molecule has 5 nitrogen and oxygen atoms in total. The maximum absolute atomic E-state index is 9.29. The first-order valence-corrected chi connectivity index (χ1v) is 11.0. The van der Waals surface area contributed by atoms with E-state index >= 15 is 0 Å². The van der Waals surface area contributed by atoms with Crippen molar-refractivity contribution < 1.29 is 9.84 Å². The molecule has 0 saturated carbocycles. The number of aliphatic hydroxyl groups is 1. The molecule has 1 unspecified atom stereocenters. The van der Waals surface area contributed by atoms with Gasteiger partial charge in [-0.05, 0) is 50.2 Å². The molecule has 6 heteroatoms. The molecule has 158 valence electrons. The lowest BCUT2D eigenvalue weighted by atomic mass is 9.74. The normalized spacial score (nSPS) is 17.9. The number of nitrogens with one attached hydrogen (secondary N) is 2. The molecule has 1 aliphatic rings. The fraction of sp³-hybridized carbons (Fsp3) is 0.682. The molecule has 3 N–H and O–H groups in total. The smallest absolute Gasteiger partial charge is 0.191 e. The third-order valence-electron chi connectivity index (χ3n) is 5.57. The lowest BCUT2D eigenvalue weighted by Gasteiger charge is -2.37. The zero-order chi connectivity index (χ0) is 20.2. The Bertz CT molecular complexity index is 597. The minimum atomic E-state index is -0.0904. The van der Waals surface area contributed by atoms with E-state index in [-0.39, 0.29) is 12.0 Å². The largest absolute Gasteiger partial charge is 0.396 e. The van der Waals surface area contributed by atoms with E-state index in [0.717, 1.165) is 69.4 Å². The van der Waals surface area contributed by atoms with Gasteiger partial charge < -0.3 is 20.5 Å². The van der Waals surface area contributed by atoms with E-state index < -0.39 is 0 Å². The molecule has 1 fully saturated rings. The molecule has 0 aromatic heterocycles. The van der Waals surface area contributed by atoms with E-state index in [1.807, 2.05) is 12.1 Å². The van der Waals surface area contributed by atoms with Crippen molar-refractivity contribution in [3.63, 3.8) is 0 Å². The second kappa shape index (κ2) is 12.3. The van der Waals surface area contributed by atoms with Gasteiger partial charge in [0.2, 0.25) is 0 Å². The van der Waals surface area contributed by atoms with Crippen LogP contribution in [-0.2, 0) is 10.2 Å². The van der Waals surface area contributed by atoms with Crippen molar-refractivity contribution >= 4 is 17.6 Å². The molecule has 28 heavy (non-hydrogen) atoms. The van der Waals surface area contributed by atoms with Crippen LogP contribution < -0.4 is 10.6 Å². The van der Waals surface area contributed by atoms with Crippen molar-refractivity contribution in [2.45, 2.75) is 51.4 Å². The van der Waals surface area contributed by atoms with Gasteiger partial charge in [0.1, 0.15) is 0 Å². The van der Waals surface area contributed by atoms with E-state index in [2.05, 4.69) is 36.6 Å². The van der Waals surface area contributed by atoms with Gasteiger partial charge >= 0.3 is 0 Å². The van der Waals surface area contributed by atoms with Gasteiger partial charge in [-0.15, -0.1) is 0 Å². The summed E-state index contributed by atoms with van der Waals surface area (Å²) in [6.07, 6.45) is 4.88. The molecular weight excluding hydrogens is 374 g/mol. The highest BCUT2D eigenvalue weighted by Gasteiger charge is 2.36. The van der Waals surface area contributed by atoms with Gasteiger partial charge in [0, 0.05) is 43.3 Å². The number of guanidine groups is 1. The number of rotatable bonds is 10. The summed E-state index contributed by atoms with van der Waals surface area (Å²) in [7, 11) is 0. The minimum absolute atomic E-state index is 0.0904. The Morgan fingerprint density at radius 3 is 2.61 bits per heavy atom. The van der Waals surface area contributed by atoms with Gasteiger partial charge in [-0.1, -0.05) is 43.1 Å². The summed E-state index contributed by atoms with van der Waals surface area (Å²) >= 11 is 6.55. The molecule has 0 radical (unpaired) electrons. The zero-order valence-electron chi connectivity index (χ0n) is 17.3. The lowest BCUT2D eigenvalue weighted by molar-refractivity contribution is 0.0531. The van der Waals surface area contributed by atoms with Crippen LogP contribution in [0.4, 0.5) is 0 Å². The van der Waals surface area contributed by atoms with Crippen LogP contribution in [0.3, 0.4) is 0 Å². The predicted octanol–water partition coefficient (Wildman–Crippen LogP) is 3.74. The van der Waals surface area contributed by atoms with Crippen molar-refractivity contribution in [1.29, 1.82) is 0 Å². The van der Waals surface area contributed by atoms with Crippen molar-refractivity contribution in [2.24, 2.45) is 10.9 Å². The molecule has 1 aromatic rings. The Balaban J connectivity index is 2.14. The Labute approximate surface area is 174 Å². The van der Waals surface area contributed by atoms with E-state index in [1.165, 1.54) is 5.56 Å². The first-order chi connectivity index (χ1) is 13.6. The maximum Gasteiger partial charge on any atom is 0.191 e. The average molecular weight is 410 g/mol. The van der Waals surface area contributed by atoms with Crippen molar-refractivity contribution in [3.05, 3.63) is 34.9 Å². The second-order valence-corrected chi connectivity index (χ2v) is 8.02. The molecule has 1 aliphatic heterocycles. The van der Waals surface area contributed by atoms with Gasteiger partial charge in [0.15, 0.2) is 5.96 Å². The fourth-order valence-electron chi connectivity index (χ4n) is 3.92. The minimum Gasteiger partial charge on any atom is -0.396 e. The molecule has 2 rings (SSSR count).